The first-order chi connectivity index (χ1) is 15.7. The van der Waals surface area contributed by atoms with Gasteiger partial charge < -0.3 is 4.90 Å². The van der Waals surface area contributed by atoms with Crippen molar-refractivity contribution >= 4 is 23.2 Å². The fraction of sp³-hybridized carbons (Fsp3) is 0.321. The molecule has 3 nitrogen and oxygen atoms in total. The number of rotatable bonds is 6. The average Bonchev–Trinajstić information content (AvgIpc) is 3.25. The summed E-state index contributed by atoms with van der Waals surface area (Å²) in [5.41, 5.74) is 7.28. The van der Waals surface area contributed by atoms with Crippen molar-refractivity contribution < 1.29 is 4.79 Å². The predicted molar refractivity (Wildman–Crippen MR) is 131 cm³/mol. The van der Waals surface area contributed by atoms with Gasteiger partial charge in [0.2, 0.25) is 0 Å². The lowest BCUT2D eigenvalue weighted by Crippen LogP contribution is -2.34. The summed E-state index contributed by atoms with van der Waals surface area (Å²) in [4.78, 5) is 18.0. The molecule has 2 aliphatic rings. The van der Waals surface area contributed by atoms with Gasteiger partial charge in [-0.15, -0.1) is 0 Å². The lowest BCUT2D eigenvalue weighted by atomic mass is 9.90. The number of aryl methyl sites for hydroxylation is 2. The van der Waals surface area contributed by atoms with Crippen molar-refractivity contribution in [3.8, 4) is 0 Å². The van der Waals surface area contributed by atoms with E-state index in [2.05, 4.69) is 41.3 Å². The van der Waals surface area contributed by atoms with Crippen LogP contribution >= 0.6 is 11.6 Å². The molecule has 164 valence electrons. The van der Waals surface area contributed by atoms with Crippen LogP contribution in [0, 0.1) is 0 Å². The summed E-state index contributed by atoms with van der Waals surface area (Å²) in [5.74, 6) is 0.0744. The summed E-state index contributed by atoms with van der Waals surface area (Å²) in [6.45, 7) is 3.65. The number of benzene rings is 3. The quantitative estimate of drug-likeness (QED) is 0.447. The van der Waals surface area contributed by atoms with E-state index in [4.69, 9.17) is 11.6 Å². The molecule has 0 saturated heterocycles. The number of fused-ring (bicyclic) bond motifs is 2. The molecule has 1 aliphatic heterocycles. The van der Waals surface area contributed by atoms with Crippen LogP contribution in [0.5, 0.6) is 0 Å². The molecule has 0 unspecified atom stereocenters. The fourth-order valence-corrected chi connectivity index (χ4v) is 5.13. The van der Waals surface area contributed by atoms with E-state index in [9.17, 15) is 4.79 Å². The SMILES string of the molecule is O=C(c1ccc2c(c1)CCCC2)N(CCCN1Cc2ccccc2C1)c1ccc(Cl)cc1. The van der Waals surface area contributed by atoms with Crippen molar-refractivity contribution in [2.75, 3.05) is 18.0 Å². The molecule has 32 heavy (non-hydrogen) atoms. The molecule has 1 amide bonds. The van der Waals surface area contributed by atoms with Crippen LogP contribution in [0.2, 0.25) is 5.02 Å². The van der Waals surface area contributed by atoms with Crippen LogP contribution in [0.15, 0.2) is 66.7 Å². The molecule has 0 radical (unpaired) electrons. The molecular formula is C28H29ClN2O. The number of hydrogen-bond donors (Lipinski definition) is 0. The van der Waals surface area contributed by atoms with E-state index < -0.39 is 0 Å². The van der Waals surface area contributed by atoms with E-state index in [1.54, 1.807) is 0 Å². The Hall–Kier alpha value is -2.62. The summed E-state index contributed by atoms with van der Waals surface area (Å²) in [5, 5.41) is 0.685. The normalized spacial score (nSPS) is 15.3. The van der Waals surface area contributed by atoms with Gasteiger partial charge in [-0.05, 0) is 90.8 Å². The third-order valence-electron chi connectivity index (χ3n) is 6.74. The van der Waals surface area contributed by atoms with Crippen molar-refractivity contribution in [2.24, 2.45) is 0 Å². The number of carbonyl (C=O) groups excluding carboxylic acids is 1. The van der Waals surface area contributed by atoms with Gasteiger partial charge >= 0.3 is 0 Å². The lowest BCUT2D eigenvalue weighted by molar-refractivity contribution is 0.0985. The molecule has 0 spiro atoms. The van der Waals surface area contributed by atoms with Gasteiger partial charge in [0.1, 0.15) is 0 Å². The second-order valence-electron chi connectivity index (χ2n) is 8.96. The molecule has 0 aromatic heterocycles. The van der Waals surface area contributed by atoms with Crippen molar-refractivity contribution in [1.82, 2.24) is 4.90 Å². The highest BCUT2D eigenvalue weighted by Crippen LogP contribution is 2.26. The molecule has 0 bridgehead atoms. The molecule has 1 aliphatic carbocycles. The van der Waals surface area contributed by atoms with Gasteiger partial charge in [0.05, 0.1) is 0 Å². The molecule has 4 heteroatoms. The summed E-state index contributed by atoms with van der Waals surface area (Å²) in [6.07, 6.45) is 5.59. The first-order valence-corrected chi connectivity index (χ1v) is 12.0. The second-order valence-corrected chi connectivity index (χ2v) is 9.39. The van der Waals surface area contributed by atoms with Crippen molar-refractivity contribution in [1.29, 1.82) is 0 Å². The smallest absolute Gasteiger partial charge is 0.258 e. The highest BCUT2D eigenvalue weighted by atomic mass is 35.5. The van der Waals surface area contributed by atoms with Crippen LogP contribution in [0.3, 0.4) is 0 Å². The zero-order valence-corrected chi connectivity index (χ0v) is 19.2. The zero-order valence-electron chi connectivity index (χ0n) is 18.4. The Morgan fingerprint density at radius 1 is 0.844 bits per heavy atom. The maximum Gasteiger partial charge on any atom is 0.258 e. The number of anilines is 1. The number of hydrogen-bond acceptors (Lipinski definition) is 2. The topological polar surface area (TPSA) is 23.6 Å². The molecule has 0 N–H and O–H groups in total. The van der Waals surface area contributed by atoms with Gasteiger partial charge in [-0.2, -0.15) is 0 Å². The number of amides is 1. The Morgan fingerprint density at radius 3 is 2.25 bits per heavy atom. The second kappa shape index (κ2) is 9.48. The standard InChI is InChI=1S/C28H29ClN2O/c29-26-12-14-27(15-13-26)31(17-5-16-30-19-24-8-3-4-9-25(24)20-30)28(32)23-11-10-21-6-1-2-7-22(21)18-23/h3-4,8-15,18H,1-2,5-7,16-17,19-20H2. The molecule has 1 heterocycles. The predicted octanol–water partition coefficient (Wildman–Crippen LogP) is 6.27. The minimum Gasteiger partial charge on any atom is -0.308 e. The molecular weight excluding hydrogens is 416 g/mol. The third-order valence-corrected chi connectivity index (χ3v) is 6.99. The largest absolute Gasteiger partial charge is 0.308 e. The maximum absolute atomic E-state index is 13.6. The number of nitrogens with zero attached hydrogens (tertiary/aromatic N) is 2. The minimum atomic E-state index is 0.0744. The average molecular weight is 445 g/mol. The highest BCUT2D eigenvalue weighted by Gasteiger charge is 2.22. The summed E-state index contributed by atoms with van der Waals surface area (Å²) < 4.78 is 0. The van der Waals surface area contributed by atoms with Crippen LogP contribution in [0.1, 0.15) is 51.9 Å². The van der Waals surface area contributed by atoms with E-state index in [1.165, 1.54) is 35.1 Å². The van der Waals surface area contributed by atoms with E-state index in [1.807, 2.05) is 35.2 Å². The van der Waals surface area contributed by atoms with E-state index in [0.29, 0.717) is 11.6 Å². The Morgan fingerprint density at radius 2 is 1.53 bits per heavy atom. The van der Waals surface area contributed by atoms with Crippen molar-refractivity contribution in [2.45, 2.75) is 45.2 Å². The van der Waals surface area contributed by atoms with Gasteiger partial charge in [-0.25, -0.2) is 0 Å². The molecule has 5 rings (SSSR count). The van der Waals surface area contributed by atoms with E-state index in [0.717, 1.165) is 50.1 Å². The molecule has 0 fully saturated rings. The van der Waals surface area contributed by atoms with Crippen LogP contribution in [-0.4, -0.2) is 23.9 Å². The molecule has 3 aromatic carbocycles. The molecule has 0 saturated carbocycles. The Balaban J connectivity index is 1.31. The Kier molecular flexibility index (Phi) is 6.29. The summed E-state index contributed by atoms with van der Waals surface area (Å²) in [7, 11) is 0. The number of halogens is 1. The van der Waals surface area contributed by atoms with E-state index >= 15 is 0 Å². The van der Waals surface area contributed by atoms with Crippen LogP contribution in [0.25, 0.3) is 0 Å². The first-order valence-electron chi connectivity index (χ1n) is 11.7. The first kappa shape index (κ1) is 21.2. The molecule has 0 atom stereocenters. The monoisotopic (exact) mass is 444 g/mol. The minimum absolute atomic E-state index is 0.0744. The maximum atomic E-state index is 13.6. The Bertz CT molecular complexity index is 1080. The highest BCUT2D eigenvalue weighted by molar-refractivity contribution is 6.30. The zero-order chi connectivity index (χ0) is 21.9. The van der Waals surface area contributed by atoms with Crippen molar-refractivity contribution in [3.63, 3.8) is 0 Å². The summed E-state index contributed by atoms with van der Waals surface area (Å²) in [6, 6.07) is 22.6. The van der Waals surface area contributed by atoms with Crippen LogP contribution in [0.4, 0.5) is 5.69 Å². The summed E-state index contributed by atoms with van der Waals surface area (Å²) >= 11 is 6.12. The van der Waals surface area contributed by atoms with Gasteiger partial charge in [-0.3, -0.25) is 9.69 Å². The van der Waals surface area contributed by atoms with Gasteiger partial charge in [0.15, 0.2) is 0 Å². The van der Waals surface area contributed by atoms with E-state index in [-0.39, 0.29) is 5.91 Å². The van der Waals surface area contributed by atoms with Gasteiger partial charge in [-0.1, -0.05) is 41.9 Å². The fourth-order valence-electron chi connectivity index (χ4n) is 5.01. The van der Waals surface area contributed by atoms with Crippen LogP contribution < -0.4 is 4.90 Å². The van der Waals surface area contributed by atoms with Crippen molar-refractivity contribution in [3.05, 3.63) is 99.6 Å². The van der Waals surface area contributed by atoms with Gasteiger partial charge in [0, 0.05) is 42.5 Å². The molecule has 3 aromatic rings. The Labute approximate surface area is 195 Å². The third kappa shape index (κ3) is 4.60. The lowest BCUT2D eigenvalue weighted by Gasteiger charge is -2.25. The number of carbonyl (C=O) groups is 1. The van der Waals surface area contributed by atoms with Crippen LogP contribution in [-0.2, 0) is 25.9 Å². The van der Waals surface area contributed by atoms with Gasteiger partial charge in [0.25, 0.3) is 5.91 Å².